The number of aromatic nitrogens is 3. The maximum Gasteiger partial charge on any atom is 0.263 e. The first-order chi connectivity index (χ1) is 11.4. The van der Waals surface area contributed by atoms with E-state index in [0.29, 0.717) is 11.6 Å². The van der Waals surface area contributed by atoms with Crippen LogP contribution in [0.1, 0.15) is 11.1 Å². The van der Waals surface area contributed by atoms with Gasteiger partial charge < -0.3 is 0 Å². The van der Waals surface area contributed by atoms with Crippen LogP contribution in [0.15, 0.2) is 59.6 Å². The number of aryl methyl sites for hydroxylation is 1. The molecular weight excluding hydrogens is 348 g/mol. The maximum atomic E-state index is 12.4. The molecule has 0 radical (unpaired) electrons. The van der Waals surface area contributed by atoms with Gasteiger partial charge in [0.15, 0.2) is 5.82 Å². The molecule has 124 valence electrons. The highest BCUT2D eigenvalue weighted by molar-refractivity contribution is 7.92. The van der Waals surface area contributed by atoms with Gasteiger partial charge in [0.1, 0.15) is 0 Å². The minimum atomic E-state index is -3.76. The molecule has 3 aromatic rings. The average Bonchev–Trinajstić information content (AvgIpc) is 2.97. The van der Waals surface area contributed by atoms with E-state index in [1.165, 1.54) is 12.1 Å². The van der Waals surface area contributed by atoms with Crippen molar-refractivity contribution >= 4 is 27.4 Å². The molecule has 0 amide bonds. The molecule has 0 saturated carbocycles. The summed E-state index contributed by atoms with van der Waals surface area (Å²) in [7, 11) is -3.76. The molecule has 0 aliphatic carbocycles. The van der Waals surface area contributed by atoms with Gasteiger partial charge in [0.25, 0.3) is 10.0 Å². The van der Waals surface area contributed by atoms with Crippen molar-refractivity contribution in [3.8, 4) is 0 Å². The Bertz CT molecular complexity index is 955. The van der Waals surface area contributed by atoms with E-state index in [1.807, 2.05) is 30.3 Å². The molecule has 0 atom stereocenters. The van der Waals surface area contributed by atoms with Gasteiger partial charge in [-0.05, 0) is 30.2 Å². The predicted octanol–water partition coefficient (Wildman–Crippen LogP) is 3.09. The van der Waals surface area contributed by atoms with E-state index >= 15 is 0 Å². The Hall–Kier alpha value is -2.38. The standard InChI is InChI=1S/C16H15ClN4O2S/c1-12-7-8-14(9-15(12)17)24(22,23)19-16-11-21(20-18-16)10-13-5-3-2-4-6-13/h2-9,11,19H,10H2,1H3. The van der Waals surface area contributed by atoms with Crippen LogP contribution < -0.4 is 4.72 Å². The van der Waals surface area contributed by atoms with Crippen molar-refractivity contribution in [1.29, 1.82) is 0 Å². The Morgan fingerprint density at radius 3 is 2.62 bits per heavy atom. The molecule has 1 aromatic heterocycles. The molecule has 0 saturated heterocycles. The number of sulfonamides is 1. The van der Waals surface area contributed by atoms with E-state index in [4.69, 9.17) is 11.6 Å². The molecule has 0 bridgehead atoms. The quantitative estimate of drug-likeness (QED) is 0.756. The Kier molecular flexibility index (Phi) is 4.55. The van der Waals surface area contributed by atoms with Crippen LogP contribution in [0.25, 0.3) is 0 Å². The number of benzene rings is 2. The fourth-order valence-corrected chi connectivity index (χ4v) is 3.38. The van der Waals surface area contributed by atoms with Crippen LogP contribution in [0.3, 0.4) is 0 Å². The van der Waals surface area contributed by atoms with Crippen LogP contribution in [-0.4, -0.2) is 23.4 Å². The number of anilines is 1. The summed E-state index contributed by atoms with van der Waals surface area (Å²) in [6, 6.07) is 14.3. The molecule has 24 heavy (non-hydrogen) atoms. The molecular formula is C16H15ClN4O2S. The molecule has 0 fully saturated rings. The van der Waals surface area contributed by atoms with Gasteiger partial charge in [-0.25, -0.2) is 13.1 Å². The van der Waals surface area contributed by atoms with Gasteiger partial charge in [-0.15, -0.1) is 5.10 Å². The van der Waals surface area contributed by atoms with Gasteiger partial charge in [-0.1, -0.05) is 53.2 Å². The largest absolute Gasteiger partial charge is 0.263 e. The summed E-state index contributed by atoms with van der Waals surface area (Å²) in [6.45, 7) is 2.31. The molecule has 2 aromatic carbocycles. The summed E-state index contributed by atoms with van der Waals surface area (Å²) >= 11 is 5.99. The number of rotatable bonds is 5. The first-order valence-corrected chi connectivity index (χ1v) is 9.03. The Morgan fingerprint density at radius 1 is 1.17 bits per heavy atom. The van der Waals surface area contributed by atoms with Crippen LogP contribution in [0.2, 0.25) is 5.02 Å². The second-order valence-electron chi connectivity index (χ2n) is 5.30. The monoisotopic (exact) mass is 362 g/mol. The van der Waals surface area contributed by atoms with Crippen LogP contribution in [0.4, 0.5) is 5.82 Å². The van der Waals surface area contributed by atoms with Crippen molar-refractivity contribution in [3.63, 3.8) is 0 Å². The highest BCUT2D eigenvalue weighted by atomic mass is 35.5. The van der Waals surface area contributed by atoms with Crippen molar-refractivity contribution in [1.82, 2.24) is 15.0 Å². The highest BCUT2D eigenvalue weighted by Gasteiger charge is 2.17. The molecule has 0 aliphatic heterocycles. The van der Waals surface area contributed by atoms with Gasteiger partial charge in [-0.2, -0.15) is 0 Å². The topological polar surface area (TPSA) is 76.9 Å². The molecule has 6 nitrogen and oxygen atoms in total. The zero-order valence-corrected chi connectivity index (χ0v) is 14.4. The van der Waals surface area contributed by atoms with Gasteiger partial charge in [0.05, 0.1) is 17.6 Å². The first kappa shape index (κ1) is 16.5. The minimum absolute atomic E-state index is 0.0794. The normalized spacial score (nSPS) is 11.4. The van der Waals surface area contributed by atoms with Crippen molar-refractivity contribution in [2.75, 3.05) is 4.72 Å². The predicted molar refractivity (Wildman–Crippen MR) is 92.6 cm³/mol. The Balaban J connectivity index is 1.77. The lowest BCUT2D eigenvalue weighted by Gasteiger charge is -2.06. The zero-order chi connectivity index (χ0) is 17.2. The smallest absolute Gasteiger partial charge is 0.261 e. The summed E-state index contributed by atoms with van der Waals surface area (Å²) in [6.07, 6.45) is 1.54. The number of nitrogens with one attached hydrogen (secondary N) is 1. The van der Waals surface area contributed by atoms with Crippen LogP contribution in [-0.2, 0) is 16.6 Å². The van der Waals surface area contributed by atoms with Crippen molar-refractivity contribution in [2.45, 2.75) is 18.4 Å². The third-order valence-corrected chi connectivity index (χ3v) is 5.18. The lowest BCUT2D eigenvalue weighted by Crippen LogP contribution is -2.13. The fourth-order valence-electron chi connectivity index (χ4n) is 2.13. The van der Waals surface area contributed by atoms with Gasteiger partial charge in [-0.3, -0.25) is 4.72 Å². The molecule has 1 heterocycles. The number of halogens is 1. The molecule has 0 spiro atoms. The molecule has 0 unspecified atom stereocenters. The van der Waals surface area contributed by atoms with Crippen LogP contribution in [0.5, 0.6) is 0 Å². The molecule has 3 rings (SSSR count). The van der Waals surface area contributed by atoms with Gasteiger partial charge >= 0.3 is 0 Å². The summed E-state index contributed by atoms with van der Waals surface area (Å²) in [5.41, 5.74) is 1.85. The van der Waals surface area contributed by atoms with E-state index in [2.05, 4.69) is 15.0 Å². The maximum absolute atomic E-state index is 12.4. The van der Waals surface area contributed by atoms with Crippen LogP contribution in [0, 0.1) is 6.92 Å². The van der Waals surface area contributed by atoms with Crippen molar-refractivity contribution < 1.29 is 8.42 Å². The lowest BCUT2D eigenvalue weighted by molar-refractivity contribution is 0.601. The number of hydrogen-bond acceptors (Lipinski definition) is 4. The zero-order valence-electron chi connectivity index (χ0n) is 12.8. The number of nitrogens with zero attached hydrogens (tertiary/aromatic N) is 3. The van der Waals surface area contributed by atoms with Crippen molar-refractivity contribution in [3.05, 3.63) is 70.9 Å². The lowest BCUT2D eigenvalue weighted by atomic mass is 10.2. The second kappa shape index (κ2) is 6.62. The summed E-state index contributed by atoms with van der Waals surface area (Å²) in [4.78, 5) is 0.0794. The molecule has 0 aliphatic rings. The Labute approximate surface area is 145 Å². The number of hydrogen-bond donors (Lipinski definition) is 1. The van der Waals surface area contributed by atoms with E-state index in [9.17, 15) is 8.42 Å². The third kappa shape index (κ3) is 3.74. The second-order valence-corrected chi connectivity index (χ2v) is 7.39. The fraction of sp³-hybridized carbons (Fsp3) is 0.125. The van der Waals surface area contributed by atoms with Crippen molar-refractivity contribution in [2.24, 2.45) is 0 Å². The van der Waals surface area contributed by atoms with Gasteiger partial charge in [0.2, 0.25) is 0 Å². The van der Waals surface area contributed by atoms with E-state index in [-0.39, 0.29) is 10.7 Å². The summed E-state index contributed by atoms with van der Waals surface area (Å²) in [5, 5.41) is 8.18. The summed E-state index contributed by atoms with van der Waals surface area (Å²) in [5.74, 6) is 0.155. The third-order valence-electron chi connectivity index (χ3n) is 3.42. The molecule has 1 N–H and O–H groups in total. The van der Waals surface area contributed by atoms with E-state index < -0.39 is 10.0 Å². The minimum Gasteiger partial charge on any atom is -0.261 e. The Morgan fingerprint density at radius 2 is 1.92 bits per heavy atom. The summed E-state index contributed by atoms with van der Waals surface area (Å²) < 4.78 is 28.7. The SMILES string of the molecule is Cc1ccc(S(=O)(=O)Nc2cn(Cc3ccccc3)nn2)cc1Cl. The first-order valence-electron chi connectivity index (χ1n) is 7.17. The van der Waals surface area contributed by atoms with E-state index in [0.717, 1.165) is 11.1 Å². The highest BCUT2D eigenvalue weighted by Crippen LogP contribution is 2.21. The van der Waals surface area contributed by atoms with E-state index in [1.54, 1.807) is 23.9 Å². The van der Waals surface area contributed by atoms with Crippen LogP contribution >= 0.6 is 11.6 Å². The molecule has 8 heteroatoms. The average molecular weight is 363 g/mol. The van der Waals surface area contributed by atoms with Gasteiger partial charge in [0, 0.05) is 5.02 Å².